The molecule has 2 N–H and O–H groups in total. The van der Waals surface area contributed by atoms with Crippen LogP contribution >= 0.6 is 11.6 Å². The van der Waals surface area contributed by atoms with Crippen LogP contribution in [-0.4, -0.2) is 33.0 Å². The topological polar surface area (TPSA) is 63.0 Å². The van der Waals surface area contributed by atoms with E-state index >= 15 is 0 Å². The Morgan fingerprint density at radius 2 is 1.89 bits per heavy atom. The molecule has 4 rings (SSSR count). The van der Waals surface area contributed by atoms with Crippen molar-refractivity contribution in [3.63, 3.8) is 0 Å². The molecule has 0 atom stereocenters. The number of pyridine rings is 1. The number of hydrogen-bond donors (Lipinski definition) is 2. The number of nitrogens with one attached hydrogen (secondary N) is 1. The van der Waals surface area contributed by atoms with Crippen LogP contribution in [0.25, 0.3) is 27.8 Å². The van der Waals surface area contributed by atoms with Crippen molar-refractivity contribution in [1.82, 2.24) is 20.1 Å². The second-order valence-electron chi connectivity index (χ2n) is 6.23. The molecule has 0 radical (unpaired) electrons. The predicted molar refractivity (Wildman–Crippen MR) is 108 cm³/mol. The zero-order valence-corrected chi connectivity index (χ0v) is 15.4. The molecule has 0 aliphatic heterocycles. The Labute approximate surface area is 162 Å². The Balaban J connectivity index is 1.70. The average Bonchev–Trinajstić information content (AvgIpc) is 3.12. The highest BCUT2D eigenvalue weighted by atomic mass is 35.5. The van der Waals surface area contributed by atoms with Gasteiger partial charge < -0.3 is 10.4 Å². The van der Waals surface area contributed by atoms with E-state index in [4.69, 9.17) is 16.7 Å². The fraction of sp³-hybridized carbons (Fsp3) is 0.143. The quantitative estimate of drug-likeness (QED) is 0.501. The van der Waals surface area contributed by atoms with Crippen LogP contribution in [-0.2, 0) is 6.54 Å². The summed E-state index contributed by atoms with van der Waals surface area (Å²) < 4.78 is 1.78. The fourth-order valence-electron chi connectivity index (χ4n) is 3.01. The normalized spacial score (nSPS) is 11.2. The van der Waals surface area contributed by atoms with Crippen LogP contribution in [0, 0.1) is 0 Å². The molecule has 0 amide bonds. The third-order valence-corrected chi connectivity index (χ3v) is 4.74. The highest BCUT2D eigenvalue weighted by Crippen LogP contribution is 2.32. The third kappa shape index (κ3) is 3.71. The summed E-state index contributed by atoms with van der Waals surface area (Å²) in [5.74, 6) is 0. The summed E-state index contributed by atoms with van der Waals surface area (Å²) in [5.41, 5.74) is 5.48. The first-order valence-corrected chi connectivity index (χ1v) is 9.14. The monoisotopic (exact) mass is 378 g/mol. The first-order valence-electron chi connectivity index (χ1n) is 8.76. The molecule has 0 unspecified atom stereocenters. The minimum absolute atomic E-state index is 0.112. The highest BCUT2D eigenvalue weighted by Gasteiger charge is 2.12. The minimum atomic E-state index is 0.112. The molecule has 0 aliphatic carbocycles. The van der Waals surface area contributed by atoms with E-state index in [1.54, 1.807) is 4.68 Å². The lowest BCUT2D eigenvalue weighted by Gasteiger charge is -2.09. The Bertz CT molecular complexity index is 1060. The van der Waals surface area contributed by atoms with Crippen LogP contribution in [0.2, 0.25) is 5.02 Å². The third-order valence-electron chi connectivity index (χ3n) is 4.34. The molecular formula is C21H19ClN4O. The zero-order valence-electron chi connectivity index (χ0n) is 14.6. The van der Waals surface area contributed by atoms with Crippen molar-refractivity contribution in [3.05, 3.63) is 77.6 Å². The molecule has 0 spiro atoms. The van der Waals surface area contributed by atoms with Gasteiger partial charge in [-0.25, -0.2) is 4.68 Å². The second kappa shape index (κ2) is 7.88. The molecule has 0 saturated carbocycles. The number of benzene rings is 2. The van der Waals surface area contributed by atoms with Gasteiger partial charge in [0.25, 0.3) is 0 Å². The van der Waals surface area contributed by atoms with E-state index in [1.807, 2.05) is 67.0 Å². The van der Waals surface area contributed by atoms with Crippen molar-refractivity contribution in [2.45, 2.75) is 6.54 Å². The van der Waals surface area contributed by atoms with Gasteiger partial charge in [0, 0.05) is 24.8 Å². The van der Waals surface area contributed by atoms with Gasteiger partial charge in [-0.15, -0.1) is 0 Å². The van der Waals surface area contributed by atoms with E-state index < -0.39 is 0 Å². The van der Waals surface area contributed by atoms with Gasteiger partial charge in [-0.2, -0.15) is 5.10 Å². The molecule has 0 saturated heterocycles. The van der Waals surface area contributed by atoms with Gasteiger partial charge in [0.15, 0.2) is 0 Å². The number of rotatable bonds is 6. The van der Waals surface area contributed by atoms with Gasteiger partial charge in [-0.3, -0.25) is 4.98 Å². The number of aromatic nitrogens is 3. The summed E-state index contributed by atoms with van der Waals surface area (Å²) in [4.78, 5) is 4.49. The minimum Gasteiger partial charge on any atom is -0.395 e. The molecule has 2 aromatic carbocycles. The molecule has 27 heavy (non-hydrogen) atoms. The van der Waals surface area contributed by atoms with Gasteiger partial charge >= 0.3 is 0 Å². The van der Waals surface area contributed by atoms with Crippen LogP contribution in [0.5, 0.6) is 0 Å². The Morgan fingerprint density at radius 1 is 1.04 bits per heavy atom. The van der Waals surface area contributed by atoms with E-state index in [-0.39, 0.29) is 6.61 Å². The first kappa shape index (κ1) is 17.7. The Hall–Kier alpha value is -2.73. The van der Waals surface area contributed by atoms with Gasteiger partial charge in [0.2, 0.25) is 0 Å². The van der Waals surface area contributed by atoms with E-state index in [0.717, 1.165) is 33.4 Å². The maximum absolute atomic E-state index is 8.87. The second-order valence-corrected chi connectivity index (χ2v) is 6.60. The average molecular weight is 379 g/mol. The van der Waals surface area contributed by atoms with Crippen LogP contribution < -0.4 is 5.32 Å². The van der Waals surface area contributed by atoms with Gasteiger partial charge in [-0.05, 0) is 23.3 Å². The molecule has 0 fully saturated rings. The maximum atomic E-state index is 8.87. The smallest absolute Gasteiger partial charge is 0.112 e. The van der Waals surface area contributed by atoms with Gasteiger partial charge in [0.1, 0.15) is 11.0 Å². The largest absolute Gasteiger partial charge is 0.395 e. The lowest BCUT2D eigenvalue weighted by Crippen LogP contribution is -2.17. The van der Waals surface area contributed by atoms with Gasteiger partial charge in [-0.1, -0.05) is 54.1 Å². The van der Waals surface area contributed by atoms with Crippen LogP contribution in [0.1, 0.15) is 5.56 Å². The lowest BCUT2D eigenvalue weighted by atomic mass is 10.1. The van der Waals surface area contributed by atoms with E-state index in [9.17, 15) is 0 Å². The Morgan fingerprint density at radius 3 is 2.70 bits per heavy atom. The zero-order chi connectivity index (χ0) is 18.6. The number of aliphatic hydroxyl groups is 1. The molecule has 4 aromatic rings. The first-order chi connectivity index (χ1) is 13.3. The van der Waals surface area contributed by atoms with Crippen molar-refractivity contribution in [3.8, 4) is 16.8 Å². The molecule has 0 aliphatic rings. The molecule has 5 nitrogen and oxygen atoms in total. The maximum Gasteiger partial charge on any atom is 0.112 e. The standard InChI is InChI=1S/C21H19ClN4O/c22-21-17(16-5-2-1-3-6-16)7-4-8-20(21)26-14-19-18(25-26)11-15(13-24-19)12-23-9-10-27/h1-8,11,13-14,23,27H,9-10,12H2. The summed E-state index contributed by atoms with van der Waals surface area (Å²) in [6.45, 7) is 1.30. The number of fused-ring (bicyclic) bond motifs is 1. The van der Waals surface area contributed by atoms with Crippen LogP contribution in [0.4, 0.5) is 0 Å². The molecule has 6 heteroatoms. The number of halogens is 1. The summed E-state index contributed by atoms with van der Waals surface area (Å²) in [6.07, 6.45) is 3.71. The van der Waals surface area contributed by atoms with Gasteiger partial charge in [0.05, 0.1) is 23.5 Å². The van der Waals surface area contributed by atoms with Crippen molar-refractivity contribution in [2.24, 2.45) is 0 Å². The molecular weight excluding hydrogens is 360 g/mol. The molecule has 2 aromatic heterocycles. The summed E-state index contributed by atoms with van der Waals surface area (Å²) >= 11 is 6.71. The fourth-order valence-corrected chi connectivity index (χ4v) is 3.34. The van der Waals surface area contributed by atoms with Crippen LogP contribution in [0.3, 0.4) is 0 Å². The van der Waals surface area contributed by atoms with Crippen molar-refractivity contribution >= 4 is 22.6 Å². The van der Waals surface area contributed by atoms with Crippen LogP contribution in [0.15, 0.2) is 67.0 Å². The van der Waals surface area contributed by atoms with Crippen molar-refractivity contribution < 1.29 is 5.11 Å². The molecule has 136 valence electrons. The summed E-state index contributed by atoms with van der Waals surface area (Å²) in [6, 6.07) is 18.0. The molecule has 2 heterocycles. The molecule has 0 bridgehead atoms. The van der Waals surface area contributed by atoms with E-state index in [2.05, 4.69) is 15.4 Å². The van der Waals surface area contributed by atoms with Crippen molar-refractivity contribution in [1.29, 1.82) is 0 Å². The summed E-state index contributed by atoms with van der Waals surface area (Å²) in [7, 11) is 0. The number of nitrogens with zero attached hydrogens (tertiary/aromatic N) is 3. The number of aliphatic hydroxyl groups excluding tert-OH is 1. The lowest BCUT2D eigenvalue weighted by molar-refractivity contribution is 0.292. The summed E-state index contributed by atoms with van der Waals surface area (Å²) in [5, 5.41) is 17.3. The highest BCUT2D eigenvalue weighted by molar-refractivity contribution is 6.35. The predicted octanol–water partition coefficient (Wildman–Crippen LogP) is 3.82. The van der Waals surface area contributed by atoms with E-state index in [0.29, 0.717) is 18.1 Å². The number of hydrogen-bond acceptors (Lipinski definition) is 4. The SMILES string of the molecule is OCCNCc1cnc2cn(-c3cccc(-c4ccccc4)c3Cl)nc2c1. The van der Waals surface area contributed by atoms with E-state index in [1.165, 1.54) is 0 Å². The van der Waals surface area contributed by atoms with Crippen molar-refractivity contribution in [2.75, 3.05) is 13.2 Å². The Kier molecular flexibility index (Phi) is 5.16.